The molecule has 0 spiro atoms. The lowest BCUT2D eigenvalue weighted by molar-refractivity contribution is 0.0671. The number of carbonyl (C=O) groups excluding carboxylic acids is 1. The van der Waals surface area contributed by atoms with Gasteiger partial charge >= 0.3 is 0 Å². The first kappa shape index (κ1) is 15.9. The number of aromatic nitrogens is 2. The summed E-state index contributed by atoms with van der Waals surface area (Å²) in [6.45, 7) is 2.48. The van der Waals surface area contributed by atoms with Gasteiger partial charge in [0, 0.05) is 22.8 Å². The van der Waals surface area contributed by atoms with Crippen LogP contribution >= 0.6 is 11.6 Å². The van der Waals surface area contributed by atoms with Crippen molar-refractivity contribution in [1.82, 2.24) is 14.9 Å². The van der Waals surface area contributed by atoms with E-state index >= 15 is 0 Å². The second kappa shape index (κ2) is 6.64. The van der Waals surface area contributed by atoms with E-state index < -0.39 is 0 Å². The molecule has 0 bridgehead atoms. The molecule has 3 rings (SSSR count). The summed E-state index contributed by atoms with van der Waals surface area (Å²) in [7, 11) is 0. The van der Waals surface area contributed by atoms with Crippen LogP contribution in [0.15, 0.2) is 30.3 Å². The number of aryl methyl sites for hydroxylation is 1. The van der Waals surface area contributed by atoms with Crippen LogP contribution in [-0.2, 0) is 0 Å². The predicted molar refractivity (Wildman–Crippen MR) is 88.4 cm³/mol. The van der Waals surface area contributed by atoms with E-state index in [1.165, 1.54) is 0 Å². The van der Waals surface area contributed by atoms with Gasteiger partial charge in [0.25, 0.3) is 5.91 Å². The molecule has 1 amide bonds. The lowest BCUT2D eigenvalue weighted by atomic mass is 10.2. The van der Waals surface area contributed by atoms with Gasteiger partial charge in [0.2, 0.25) is 0 Å². The van der Waals surface area contributed by atoms with E-state index in [0.29, 0.717) is 23.1 Å². The minimum atomic E-state index is -0.151. The van der Waals surface area contributed by atoms with Crippen LogP contribution in [-0.4, -0.2) is 45.1 Å². The number of amides is 1. The minimum absolute atomic E-state index is 0.0140. The first-order chi connectivity index (χ1) is 11.1. The molecule has 0 unspecified atom stereocenters. The molecule has 120 valence electrons. The van der Waals surface area contributed by atoms with E-state index in [-0.39, 0.29) is 18.6 Å². The SMILES string of the molecule is Cc1cc(C(=O)N2CCC[C@@H]2CO)nc(-c2ccc(Cl)cc2)n1. The zero-order chi connectivity index (χ0) is 16.4. The van der Waals surface area contributed by atoms with Crippen LogP contribution in [0.1, 0.15) is 29.0 Å². The van der Waals surface area contributed by atoms with Crippen molar-refractivity contribution >= 4 is 17.5 Å². The van der Waals surface area contributed by atoms with Crippen LogP contribution in [0, 0.1) is 6.92 Å². The predicted octanol–water partition coefficient (Wildman–Crippen LogP) is 2.70. The lowest BCUT2D eigenvalue weighted by Gasteiger charge is -2.22. The fraction of sp³-hybridized carbons (Fsp3) is 0.353. The van der Waals surface area contributed by atoms with E-state index in [9.17, 15) is 9.90 Å². The molecule has 1 atom stereocenters. The smallest absolute Gasteiger partial charge is 0.272 e. The Morgan fingerprint density at radius 2 is 2.09 bits per heavy atom. The Labute approximate surface area is 139 Å². The topological polar surface area (TPSA) is 66.3 Å². The van der Waals surface area contributed by atoms with E-state index in [0.717, 1.165) is 24.1 Å². The number of hydrogen-bond donors (Lipinski definition) is 1. The molecule has 2 aromatic rings. The molecular formula is C17H18ClN3O2. The Kier molecular flexibility index (Phi) is 4.59. The zero-order valence-corrected chi connectivity index (χ0v) is 13.6. The van der Waals surface area contributed by atoms with Gasteiger partial charge in [-0.05, 0) is 50.1 Å². The highest BCUT2D eigenvalue weighted by Gasteiger charge is 2.29. The summed E-state index contributed by atoms with van der Waals surface area (Å²) < 4.78 is 0. The highest BCUT2D eigenvalue weighted by molar-refractivity contribution is 6.30. The summed E-state index contributed by atoms with van der Waals surface area (Å²) in [6.07, 6.45) is 1.74. The van der Waals surface area contributed by atoms with E-state index in [4.69, 9.17) is 11.6 Å². The van der Waals surface area contributed by atoms with Crippen LogP contribution in [0.25, 0.3) is 11.4 Å². The molecule has 6 heteroatoms. The number of hydrogen-bond acceptors (Lipinski definition) is 4. The van der Waals surface area contributed by atoms with Crippen molar-refractivity contribution in [2.24, 2.45) is 0 Å². The van der Waals surface area contributed by atoms with Crippen molar-refractivity contribution in [2.75, 3.05) is 13.2 Å². The second-order valence-electron chi connectivity index (χ2n) is 5.70. The molecule has 23 heavy (non-hydrogen) atoms. The van der Waals surface area contributed by atoms with Gasteiger partial charge in [-0.3, -0.25) is 4.79 Å². The number of benzene rings is 1. The Bertz CT molecular complexity index is 718. The number of rotatable bonds is 3. The summed E-state index contributed by atoms with van der Waals surface area (Å²) in [4.78, 5) is 23.2. The molecule has 5 nitrogen and oxygen atoms in total. The maximum absolute atomic E-state index is 12.7. The van der Waals surface area contributed by atoms with Crippen molar-refractivity contribution in [3.05, 3.63) is 46.7 Å². The summed E-state index contributed by atoms with van der Waals surface area (Å²) >= 11 is 5.90. The van der Waals surface area contributed by atoms with Gasteiger partial charge in [0.15, 0.2) is 5.82 Å². The number of halogens is 1. The van der Waals surface area contributed by atoms with Crippen molar-refractivity contribution in [1.29, 1.82) is 0 Å². The molecule has 1 aromatic heterocycles. The fourth-order valence-corrected chi connectivity index (χ4v) is 2.97. The molecule has 1 aromatic carbocycles. The average Bonchev–Trinajstić information content (AvgIpc) is 3.02. The quantitative estimate of drug-likeness (QED) is 0.939. The van der Waals surface area contributed by atoms with E-state index in [2.05, 4.69) is 9.97 Å². The van der Waals surface area contributed by atoms with Crippen molar-refractivity contribution in [3.8, 4) is 11.4 Å². The Morgan fingerprint density at radius 3 is 2.78 bits per heavy atom. The Morgan fingerprint density at radius 1 is 1.35 bits per heavy atom. The molecule has 0 saturated carbocycles. The van der Waals surface area contributed by atoms with Crippen LogP contribution in [0.4, 0.5) is 0 Å². The monoisotopic (exact) mass is 331 g/mol. The number of aliphatic hydroxyl groups is 1. The summed E-state index contributed by atoms with van der Waals surface area (Å²) in [5.74, 6) is 0.354. The highest BCUT2D eigenvalue weighted by atomic mass is 35.5. The van der Waals surface area contributed by atoms with Gasteiger partial charge in [-0.15, -0.1) is 0 Å². The molecule has 1 aliphatic heterocycles. The average molecular weight is 332 g/mol. The van der Waals surface area contributed by atoms with Crippen molar-refractivity contribution < 1.29 is 9.90 Å². The fourth-order valence-electron chi connectivity index (χ4n) is 2.85. The first-order valence-electron chi connectivity index (χ1n) is 7.62. The third-order valence-electron chi connectivity index (χ3n) is 4.02. The molecule has 0 radical (unpaired) electrons. The molecule has 1 N–H and O–H groups in total. The van der Waals surface area contributed by atoms with Crippen LogP contribution in [0.2, 0.25) is 5.02 Å². The summed E-state index contributed by atoms with van der Waals surface area (Å²) in [6, 6.07) is 8.78. The maximum Gasteiger partial charge on any atom is 0.272 e. The van der Waals surface area contributed by atoms with Gasteiger partial charge in [0.05, 0.1) is 12.6 Å². The largest absolute Gasteiger partial charge is 0.394 e. The van der Waals surface area contributed by atoms with Crippen LogP contribution in [0.5, 0.6) is 0 Å². The molecule has 1 fully saturated rings. The van der Waals surface area contributed by atoms with Gasteiger partial charge in [-0.25, -0.2) is 9.97 Å². The summed E-state index contributed by atoms with van der Waals surface area (Å²) in [5, 5.41) is 10.0. The normalized spacial score (nSPS) is 17.5. The molecule has 1 aliphatic rings. The molecule has 0 aliphatic carbocycles. The maximum atomic E-state index is 12.7. The number of carbonyl (C=O) groups is 1. The Hall–Kier alpha value is -1.98. The highest BCUT2D eigenvalue weighted by Crippen LogP contribution is 2.22. The van der Waals surface area contributed by atoms with Crippen LogP contribution < -0.4 is 0 Å². The molecule has 1 saturated heterocycles. The third-order valence-corrected chi connectivity index (χ3v) is 4.28. The van der Waals surface area contributed by atoms with Gasteiger partial charge in [-0.1, -0.05) is 11.6 Å². The van der Waals surface area contributed by atoms with Gasteiger partial charge in [0.1, 0.15) is 5.69 Å². The molecule has 2 heterocycles. The van der Waals surface area contributed by atoms with E-state index in [1.54, 1.807) is 23.1 Å². The first-order valence-corrected chi connectivity index (χ1v) is 7.99. The lowest BCUT2D eigenvalue weighted by Crippen LogP contribution is -2.38. The standard InChI is InChI=1S/C17H18ClN3O2/c1-11-9-15(17(23)21-8-2-3-14(21)10-22)20-16(19-11)12-4-6-13(18)7-5-12/h4-7,9,14,22H,2-3,8,10H2,1H3/t14-/m1/s1. The zero-order valence-electron chi connectivity index (χ0n) is 12.9. The van der Waals surface area contributed by atoms with Crippen molar-refractivity contribution in [2.45, 2.75) is 25.8 Å². The number of likely N-dealkylation sites (tertiary alicyclic amines) is 1. The minimum Gasteiger partial charge on any atom is -0.394 e. The molecular weight excluding hydrogens is 314 g/mol. The van der Waals surface area contributed by atoms with Gasteiger partial charge in [-0.2, -0.15) is 0 Å². The number of aliphatic hydroxyl groups excluding tert-OH is 1. The van der Waals surface area contributed by atoms with Crippen molar-refractivity contribution in [3.63, 3.8) is 0 Å². The number of nitrogens with zero attached hydrogens (tertiary/aromatic N) is 3. The third kappa shape index (κ3) is 3.35. The van der Waals surface area contributed by atoms with E-state index in [1.807, 2.05) is 19.1 Å². The second-order valence-corrected chi connectivity index (χ2v) is 6.14. The van der Waals surface area contributed by atoms with Gasteiger partial charge < -0.3 is 10.0 Å². The van der Waals surface area contributed by atoms with Crippen LogP contribution in [0.3, 0.4) is 0 Å². The Balaban J connectivity index is 1.94. The summed E-state index contributed by atoms with van der Waals surface area (Å²) in [5.41, 5.74) is 1.91.